The Morgan fingerprint density at radius 1 is 1.48 bits per heavy atom. The number of thiazole rings is 1. The molecular formula is C15H19N3O2S. The Labute approximate surface area is 128 Å². The molecular weight excluding hydrogens is 286 g/mol. The summed E-state index contributed by atoms with van der Waals surface area (Å²) < 4.78 is 5.47. The summed E-state index contributed by atoms with van der Waals surface area (Å²) in [6.45, 7) is 6.42. The Morgan fingerprint density at radius 3 is 2.86 bits per heavy atom. The molecule has 2 aromatic rings. The molecule has 1 amide bonds. The van der Waals surface area contributed by atoms with Crippen molar-refractivity contribution in [1.82, 2.24) is 4.98 Å². The lowest BCUT2D eigenvalue weighted by Crippen LogP contribution is -2.14. The molecule has 5 nitrogen and oxygen atoms in total. The lowest BCUT2D eigenvalue weighted by Gasteiger charge is -2.11. The molecule has 3 N–H and O–H groups in total. The minimum atomic E-state index is -0.268. The number of nitrogens with zero attached hydrogens (tertiary/aromatic N) is 1. The van der Waals surface area contributed by atoms with Gasteiger partial charge in [0, 0.05) is 5.38 Å². The third-order valence-corrected chi connectivity index (χ3v) is 3.69. The number of carbonyl (C=O) groups is 1. The number of para-hydroxylation sites is 1. The summed E-state index contributed by atoms with van der Waals surface area (Å²) in [5.41, 5.74) is 7.70. The molecule has 0 spiro atoms. The summed E-state index contributed by atoms with van der Waals surface area (Å²) in [7, 11) is 0. The number of amides is 1. The van der Waals surface area contributed by atoms with E-state index in [9.17, 15) is 4.79 Å². The number of ether oxygens (including phenoxy) is 1. The molecule has 1 aromatic carbocycles. The standard InChI is InChI=1S/C15H19N3O2S/c1-4-20-13-10(6-5-7-11(13)16)14(19)18-15-17-12(8-21-15)9(2)3/h5-9H,4,16H2,1-3H3,(H,17,18,19). The number of nitrogens with two attached hydrogens (primary N) is 1. The minimum absolute atomic E-state index is 0.268. The average Bonchev–Trinajstić information content (AvgIpc) is 2.90. The highest BCUT2D eigenvalue weighted by atomic mass is 32.1. The number of rotatable bonds is 5. The van der Waals surface area contributed by atoms with Gasteiger partial charge in [-0.25, -0.2) is 4.98 Å². The number of hydrogen-bond donors (Lipinski definition) is 2. The van der Waals surface area contributed by atoms with Gasteiger partial charge in [0.2, 0.25) is 0 Å². The number of hydrogen-bond acceptors (Lipinski definition) is 5. The number of nitrogen functional groups attached to an aromatic ring is 1. The Morgan fingerprint density at radius 2 is 2.24 bits per heavy atom. The van der Waals surface area contributed by atoms with Crippen LogP contribution in [0, 0.1) is 0 Å². The minimum Gasteiger partial charge on any atom is -0.491 e. The molecule has 1 aromatic heterocycles. The molecule has 0 saturated heterocycles. The molecule has 0 radical (unpaired) electrons. The van der Waals surface area contributed by atoms with Crippen LogP contribution in [-0.2, 0) is 0 Å². The first kappa shape index (κ1) is 15.3. The van der Waals surface area contributed by atoms with Gasteiger partial charge in [-0.1, -0.05) is 19.9 Å². The first-order valence-corrected chi connectivity index (χ1v) is 7.69. The highest BCUT2D eigenvalue weighted by molar-refractivity contribution is 7.14. The van der Waals surface area contributed by atoms with Crippen LogP contribution in [0.25, 0.3) is 0 Å². The van der Waals surface area contributed by atoms with Gasteiger partial charge >= 0.3 is 0 Å². The summed E-state index contributed by atoms with van der Waals surface area (Å²) in [6.07, 6.45) is 0. The van der Waals surface area contributed by atoms with Gasteiger partial charge in [-0.3, -0.25) is 10.1 Å². The number of nitrogens with one attached hydrogen (secondary N) is 1. The van der Waals surface area contributed by atoms with E-state index in [1.165, 1.54) is 11.3 Å². The van der Waals surface area contributed by atoms with Gasteiger partial charge in [0.1, 0.15) is 0 Å². The predicted octanol–water partition coefficient (Wildman–Crippen LogP) is 3.50. The fraction of sp³-hybridized carbons (Fsp3) is 0.333. The van der Waals surface area contributed by atoms with Gasteiger partial charge in [0.25, 0.3) is 5.91 Å². The van der Waals surface area contributed by atoms with E-state index in [1.807, 2.05) is 12.3 Å². The fourth-order valence-corrected chi connectivity index (χ4v) is 2.68. The largest absolute Gasteiger partial charge is 0.491 e. The molecule has 0 fully saturated rings. The summed E-state index contributed by atoms with van der Waals surface area (Å²) in [5, 5.41) is 5.32. The second kappa shape index (κ2) is 6.58. The number of anilines is 2. The first-order valence-electron chi connectivity index (χ1n) is 6.81. The van der Waals surface area contributed by atoms with Crippen LogP contribution >= 0.6 is 11.3 Å². The summed E-state index contributed by atoms with van der Waals surface area (Å²) in [5.74, 6) is 0.479. The van der Waals surface area contributed by atoms with Crippen LogP contribution in [0.1, 0.15) is 42.7 Å². The topological polar surface area (TPSA) is 77.2 Å². The van der Waals surface area contributed by atoms with Crippen molar-refractivity contribution in [2.75, 3.05) is 17.7 Å². The Kier molecular flexibility index (Phi) is 4.80. The van der Waals surface area contributed by atoms with Crippen molar-refractivity contribution >= 4 is 28.1 Å². The van der Waals surface area contributed by atoms with Gasteiger partial charge < -0.3 is 10.5 Å². The van der Waals surface area contributed by atoms with Crippen molar-refractivity contribution in [3.05, 3.63) is 34.8 Å². The predicted molar refractivity (Wildman–Crippen MR) is 86.2 cm³/mol. The zero-order valence-electron chi connectivity index (χ0n) is 12.3. The second-order valence-corrected chi connectivity index (χ2v) is 5.70. The van der Waals surface area contributed by atoms with Crippen molar-refractivity contribution in [2.24, 2.45) is 0 Å². The Balaban J connectivity index is 2.21. The summed E-state index contributed by atoms with van der Waals surface area (Å²) >= 11 is 1.41. The van der Waals surface area contributed by atoms with Gasteiger partial charge in [-0.15, -0.1) is 11.3 Å². The molecule has 0 aliphatic carbocycles. The summed E-state index contributed by atoms with van der Waals surface area (Å²) in [4.78, 5) is 16.7. The molecule has 0 aliphatic rings. The molecule has 2 rings (SSSR count). The van der Waals surface area contributed by atoms with Crippen molar-refractivity contribution in [1.29, 1.82) is 0 Å². The lowest BCUT2D eigenvalue weighted by molar-refractivity contribution is 0.102. The second-order valence-electron chi connectivity index (χ2n) is 4.84. The molecule has 0 aliphatic heterocycles. The first-order chi connectivity index (χ1) is 10.0. The molecule has 6 heteroatoms. The van der Waals surface area contributed by atoms with E-state index in [0.717, 1.165) is 5.69 Å². The monoisotopic (exact) mass is 305 g/mol. The van der Waals surface area contributed by atoms with Gasteiger partial charge in [-0.05, 0) is 25.0 Å². The van der Waals surface area contributed by atoms with Crippen LogP contribution < -0.4 is 15.8 Å². The van der Waals surface area contributed by atoms with E-state index in [-0.39, 0.29) is 5.91 Å². The molecule has 1 heterocycles. The molecule has 112 valence electrons. The Bertz CT molecular complexity index is 638. The molecule has 21 heavy (non-hydrogen) atoms. The van der Waals surface area contributed by atoms with Crippen LogP contribution in [0.4, 0.5) is 10.8 Å². The third kappa shape index (κ3) is 3.52. The van der Waals surface area contributed by atoms with E-state index in [4.69, 9.17) is 10.5 Å². The average molecular weight is 305 g/mol. The maximum Gasteiger partial charge on any atom is 0.261 e. The zero-order valence-corrected chi connectivity index (χ0v) is 13.2. The van der Waals surface area contributed by atoms with Crippen LogP contribution in [-0.4, -0.2) is 17.5 Å². The third-order valence-electron chi connectivity index (χ3n) is 2.91. The molecule has 0 saturated carbocycles. The number of carbonyl (C=O) groups excluding carboxylic acids is 1. The van der Waals surface area contributed by atoms with E-state index in [0.29, 0.717) is 34.7 Å². The SMILES string of the molecule is CCOc1c(N)cccc1C(=O)Nc1nc(C(C)C)cs1. The smallest absolute Gasteiger partial charge is 0.261 e. The Hall–Kier alpha value is -2.08. The molecule has 0 unspecified atom stereocenters. The van der Waals surface area contributed by atoms with Crippen molar-refractivity contribution in [3.8, 4) is 5.75 Å². The van der Waals surface area contributed by atoms with Gasteiger partial charge in [-0.2, -0.15) is 0 Å². The highest BCUT2D eigenvalue weighted by Gasteiger charge is 2.16. The van der Waals surface area contributed by atoms with Crippen molar-refractivity contribution in [2.45, 2.75) is 26.7 Å². The molecule has 0 bridgehead atoms. The van der Waals surface area contributed by atoms with Crippen LogP contribution in [0.15, 0.2) is 23.6 Å². The van der Waals surface area contributed by atoms with E-state index < -0.39 is 0 Å². The maximum absolute atomic E-state index is 12.4. The normalized spacial score (nSPS) is 10.7. The molecule has 0 atom stereocenters. The zero-order chi connectivity index (χ0) is 15.4. The van der Waals surface area contributed by atoms with Crippen LogP contribution in [0.5, 0.6) is 5.75 Å². The van der Waals surface area contributed by atoms with Crippen LogP contribution in [0.3, 0.4) is 0 Å². The quantitative estimate of drug-likeness (QED) is 0.829. The highest BCUT2D eigenvalue weighted by Crippen LogP contribution is 2.28. The van der Waals surface area contributed by atoms with Gasteiger partial charge in [0.15, 0.2) is 10.9 Å². The summed E-state index contributed by atoms with van der Waals surface area (Å²) in [6, 6.07) is 5.13. The van der Waals surface area contributed by atoms with Crippen molar-refractivity contribution < 1.29 is 9.53 Å². The number of benzene rings is 1. The van der Waals surface area contributed by atoms with Gasteiger partial charge in [0.05, 0.1) is 23.6 Å². The van der Waals surface area contributed by atoms with E-state index in [1.54, 1.807) is 18.2 Å². The lowest BCUT2D eigenvalue weighted by atomic mass is 10.1. The van der Waals surface area contributed by atoms with E-state index in [2.05, 4.69) is 24.1 Å². The fourth-order valence-electron chi connectivity index (χ4n) is 1.81. The van der Waals surface area contributed by atoms with E-state index >= 15 is 0 Å². The van der Waals surface area contributed by atoms with Crippen LogP contribution in [0.2, 0.25) is 0 Å². The van der Waals surface area contributed by atoms with Crippen molar-refractivity contribution in [3.63, 3.8) is 0 Å². The number of aromatic nitrogens is 1. The maximum atomic E-state index is 12.4.